The van der Waals surface area contributed by atoms with Crippen LogP contribution in [0, 0.1) is 0 Å². The zero-order valence-electron chi connectivity index (χ0n) is 14.5. The zero-order valence-corrected chi connectivity index (χ0v) is 14.5. The van der Waals surface area contributed by atoms with Gasteiger partial charge in [-0.25, -0.2) is 9.59 Å². The molecule has 0 aliphatic rings. The van der Waals surface area contributed by atoms with Crippen molar-refractivity contribution in [3.63, 3.8) is 0 Å². The first kappa shape index (κ1) is 19.6. The molecule has 1 aromatic rings. The maximum atomic E-state index is 11.7. The van der Waals surface area contributed by atoms with Gasteiger partial charge in [-0.1, -0.05) is 6.07 Å². The topological polar surface area (TPSA) is 94.1 Å². The SMILES string of the molecule is COC(=O)c1c(O)cccc1OCCCCNC(=O)OC(C)(C)C. The van der Waals surface area contributed by atoms with Gasteiger partial charge in [0.1, 0.15) is 22.7 Å². The Bertz CT molecular complexity index is 565. The van der Waals surface area contributed by atoms with E-state index in [1.165, 1.54) is 13.2 Å². The minimum atomic E-state index is -0.658. The number of phenolic OH excluding ortho intramolecular Hbond substituents is 1. The third-order valence-electron chi connectivity index (χ3n) is 2.89. The summed E-state index contributed by atoms with van der Waals surface area (Å²) >= 11 is 0. The van der Waals surface area contributed by atoms with Gasteiger partial charge in [-0.3, -0.25) is 0 Å². The Morgan fingerprint density at radius 1 is 1.21 bits per heavy atom. The number of hydrogen-bond donors (Lipinski definition) is 2. The fourth-order valence-corrected chi connectivity index (χ4v) is 1.86. The number of hydrogen-bond acceptors (Lipinski definition) is 6. The van der Waals surface area contributed by atoms with Crippen LogP contribution < -0.4 is 10.1 Å². The molecule has 0 aliphatic carbocycles. The van der Waals surface area contributed by atoms with Crippen molar-refractivity contribution in [3.05, 3.63) is 23.8 Å². The van der Waals surface area contributed by atoms with E-state index in [4.69, 9.17) is 9.47 Å². The Hall–Kier alpha value is -2.44. The summed E-state index contributed by atoms with van der Waals surface area (Å²) in [5.74, 6) is -0.581. The Labute approximate surface area is 141 Å². The number of phenols is 1. The molecule has 0 saturated carbocycles. The van der Waals surface area contributed by atoms with Gasteiger partial charge in [0.05, 0.1) is 13.7 Å². The van der Waals surface area contributed by atoms with Crippen molar-refractivity contribution in [2.24, 2.45) is 0 Å². The van der Waals surface area contributed by atoms with Crippen molar-refractivity contribution in [3.8, 4) is 11.5 Å². The van der Waals surface area contributed by atoms with Gasteiger partial charge in [0, 0.05) is 6.54 Å². The number of methoxy groups -OCH3 is 1. The van der Waals surface area contributed by atoms with Crippen LogP contribution >= 0.6 is 0 Å². The van der Waals surface area contributed by atoms with Crippen molar-refractivity contribution in [1.29, 1.82) is 0 Å². The summed E-state index contributed by atoms with van der Waals surface area (Å²) in [5.41, 5.74) is -0.515. The Kier molecular flexibility index (Phi) is 7.35. The minimum Gasteiger partial charge on any atom is -0.507 e. The van der Waals surface area contributed by atoms with Crippen LogP contribution in [0.25, 0.3) is 0 Å². The molecule has 0 fully saturated rings. The van der Waals surface area contributed by atoms with Gasteiger partial charge in [-0.15, -0.1) is 0 Å². The van der Waals surface area contributed by atoms with Crippen molar-refractivity contribution in [1.82, 2.24) is 5.32 Å². The Morgan fingerprint density at radius 2 is 1.92 bits per heavy atom. The summed E-state index contributed by atoms with van der Waals surface area (Å²) in [6.45, 7) is 6.20. The molecule has 7 heteroatoms. The standard InChI is InChI=1S/C17H25NO6/c1-17(2,3)24-16(21)18-10-5-6-11-23-13-9-7-8-12(19)14(13)15(20)22-4/h7-9,19H,5-6,10-11H2,1-4H3,(H,18,21). The molecule has 24 heavy (non-hydrogen) atoms. The summed E-state index contributed by atoms with van der Waals surface area (Å²) in [7, 11) is 1.24. The lowest BCUT2D eigenvalue weighted by atomic mass is 10.2. The van der Waals surface area contributed by atoms with E-state index in [1.807, 2.05) is 0 Å². The van der Waals surface area contributed by atoms with Gasteiger partial charge >= 0.3 is 12.1 Å². The van der Waals surface area contributed by atoms with Crippen LogP contribution in [-0.2, 0) is 9.47 Å². The largest absolute Gasteiger partial charge is 0.507 e. The number of amides is 1. The van der Waals surface area contributed by atoms with Crippen LogP contribution in [0.3, 0.4) is 0 Å². The lowest BCUT2D eigenvalue weighted by Crippen LogP contribution is -2.33. The van der Waals surface area contributed by atoms with Crippen LogP contribution in [0.2, 0.25) is 0 Å². The van der Waals surface area contributed by atoms with Crippen LogP contribution in [0.15, 0.2) is 18.2 Å². The normalized spacial score (nSPS) is 10.8. The summed E-state index contributed by atoms with van der Waals surface area (Å²) in [6.07, 6.45) is 0.891. The summed E-state index contributed by atoms with van der Waals surface area (Å²) in [5, 5.41) is 12.4. The molecule has 7 nitrogen and oxygen atoms in total. The molecule has 0 bridgehead atoms. The molecule has 1 aromatic carbocycles. The summed E-state index contributed by atoms with van der Waals surface area (Å²) in [6, 6.07) is 4.57. The number of rotatable bonds is 7. The number of ether oxygens (including phenoxy) is 3. The monoisotopic (exact) mass is 339 g/mol. The van der Waals surface area contributed by atoms with E-state index in [0.29, 0.717) is 26.0 Å². The second-order valence-corrected chi connectivity index (χ2v) is 6.13. The van der Waals surface area contributed by atoms with E-state index in [-0.39, 0.29) is 17.1 Å². The predicted octanol–water partition coefficient (Wildman–Crippen LogP) is 2.86. The van der Waals surface area contributed by atoms with E-state index in [0.717, 1.165) is 0 Å². The van der Waals surface area contributed by atoms with Gasteiger partial charge in [0.2, 0.25) is 0 Å². The molecule has 1 rings (SSSR count). The molecular weight excluding hydrogens is 314 g/mol. The smallest absolute Gasteiger partial charge is 0.407 e. The molecule has 0 radical (unpaired) electrons. The number of nitrogens with one attached hydrogen (secondary N) is 1. The number of carbonyl (C=O) groups is 2. The van der Waals surface area contributed by atoms with Crippen LogP contribution in [0.4, 0.5) is 4.79 Å². The Balaban J connectivity index is 2.35. The molecule has 0 heterocycles. The van der Waals surface area contributed by atoms with Gasteiger partial charge in [0.25, 0.3) is 0 Å². The van der Waals surface area contributed by atoms with Gasteiger partial charge in [-0.05, 0) is 45.7 Å². The van der Waals surface area contributed by atoms with Gasteiger partial charge in [0.15, 0.2) is 0 Å². The highest BCUT2D eigenvalue weighted by molar-refractivity contribution is 5.95. The summed E-state index contributed by atoms with van der Waals surface area (Å²) in [4.78, 5) is 23.1. The highest BCUT2D eigenvalue weighted by Crippen LogP contribution is 2.28. The molecule has 0 spiro atoms. The third-order valence-corrected chi connectivity index (χ3v) is 2.89. The predicted molar refractivity (Wildman–Crippen MR) is 88.4 cm³/mol. The van der Waals surface area contributed by atoms with E-state index in [2.05, 4.69) is 10.1 Å². The molecule has 0 saturated heterocycles. The molecule has 134 valence electrons. The second-order valence-electron chi connectivity index (χ2n) is 6.13. The molecule has 1 amide bonds. The zero-order chi connectivity index (χ0) is 18.2. The first-order valence-corrected chi connectivity index (χ1v) is 7.74. The fraction of sp³-hybridized carbons (Fsp3) is 0.529. The van der Waals surface area contributed by atoms with Crippen LogP contribution in [0.1, 0.15) is 44.0 Å². The maximum Gasteiger partial charge on any atom is 0.407 e. The average molecular weight is 339 g/mol. The maximum absolute atomic E-state index is 11.7. The molecular formula is C17H25NO6. The number of benzene rings is 1. The molecule has 0 aliphatic heterocycles. The molecule has 0 aromatic heterocycles. The lowest BCUT2D eigenvalue weighted by molar-refractivity contribution is 0.0524. The molecule has 2 N–H and O–H groups in total. The van der Waals surface area contributed by atoms with Gasteiger partial charge < -0.3 is 24.6 Å². The second kappa shape index (κ2) is 9.00. The first-order chi connectivity index (χ1) is 11.2. The fourth-order valence-electron chi connectivity index (χ4n) is 1.86. The number of alkyl carbamates (subject to hydrolysis) is 1. The first-order valence-electron chi connectivity index (χ1n) is 7.74. The molecule has 0 atom stereocenters. The van der Waals surface area contributed by atoms with E-state index < -0.39 is 17.7 Å². The number of carbonyl (C=O) groups excluding carboxylic acids is 2. The van der Waals surface area contributed by atoms with E-state index in [1.54, 1.807) is 32.9 Å². The third kappa shape index (κ3) is 6.76. The van der Waals surface area contributed by atoms with Crippen molar-refractivity contribution in [2.45, 2.75) is 39.2 Å². The molecule has 0 unspecified atom stereocenters. The Morgan fingerprint density at radius 3 is 2.54 bits per heavy atom. The minimum absolute atomic E-state index is 0.00637. The van der Waals surface area contributed by atoms with Crippen LogP contribution in [0.5, 0.6) is 11.5 Å². The van der Waals surface area contributed by atoms with Crippen molar-refractivity contribution in [2.75, 3.05) is 20.3 Å². The number of unbranched alkanes of at least 4 members (excludes halogenated alkanes) is 1. The van der Waals surface area contributed by atoms with Crippen molar-refractivity contribution >= 4 is 12.1 Å². The number of esters is 1. The highest BCUT2D eigenvalue weighted by Gasteiger charge is 2.18. The van der Waals surface area contributed by atoms with E-state index >= 15 is 0 Å². The van der Waals surface area contributed by atoms with Crippen molar-refractivity contribution < 1.29 is 28.9 Å². The van der Waals surface area contributed by atoms with Gasteiger partial charge in [-0.2, -0.15) is 0 Å². The lowest BCUT2D eigenvalue weighted by Gasteiger charge is -2.19. The number of aromatic hydroxyl groups is 1. The average Bonchev–Trinajstić information content (AvgIpc) is 2.48. The van der Waals surface area contributed by atoms with Crippen LogP contribution in [-0.4, -0.2) is 43.0 Å². The highest BCUT2D eigenvalue weighted by atomic mass is 16.6. The quantitative estimate of drug-likeness (QED) is 0.586. The van der Waals surface area contributed by atoms with E-state index in [9.17, 15) is 14.7 Å². The summed E-state index contributed by atoms with van der Waals surface area (Å²) < 4.78 is 15.3.